The maximum absolute atomic E-state index is 10.4. The van der Waals surface area contributed by atoms with E-state index in [9.17, 15) is 5.11 Å². The first-order valence-corrected chi connectivity index (χ1v) is 6.85. The van der Waals surface area contributed by atoms with E-state index in [2.05, 4.69) is 32.0 Å². The molecule has 1 N–H and O–H groups in total. The number of benzene rings is 2. The van der Waals surface area contributed by atoms with Gasteiger partial charge in [0, 0.05) is 11.4 Å². The number of hydrogen-bond acceptors (Lipinski definition) is 1. The average molecular weight is 275 g/mol. The Balaban J connectivity index is 2.22. The van der Waals surface area contributed by atoms with Gasteiger partial charge in [-0.25, -0.2) is 0 Å². The van der Waals surface area contributed by atoms with Crippen LogP contribution < -0.4 is 0 Å². The highest BCUT2D eigenvalue weighted by Crippen LogP contribution is 2.24. The van der Waals surface area contributed by atoms with Crippen molar-refractivity contribution in [2.75, 3.05) is 0 Å². The normalized spacial score (nSPS) is 12.5. The molecular weight excluding hydrogens is 256 g/mol. The second-order valence-electron chi connectivity index (χ2n) is 5.16. The molecule has 2 heteroatoms. The van der Waals surface area contributed by atoms with Crippen LogP contribution in [0.5, 0.6) is 0 Å². The van der Waals surface area contributed by atoms with E-state index in [1.807, 2.05) is 25.1 Å². The number of aryl methyl sites for hydroxylation is 3. The largest absolute Gasteiger partial charge is 0.388 e. The monoisotopic (exact) mass is 274 g/mol. The number of aliphatic hydroxyl groups excluding tert-OH is 1. The minimum absolute atomic E-state index is 0.489. The van der Waals surface area contributed by atoms with Crippen LogP contribution in [0.2, 0.25) is 5.02 Å². The van der Waals surface area contributed by atoms with Crippen molar-refractivity contribution in [2.24, 2.45) is 0 Å². The summed E-state index contributed by atoms with van der Waals surface area (Å²) in [5, 5.41) is 11.1. The van der Waals surface area contributed by atoms with Gasteiger partial charge in [-0.2, -0.15) is 0 Å². The number of aliphatic hydroxyl groups is 1. The Labute approximate surface area is 119 Å². The molecule has 0 aliphatic rings. The van der Waals surface area contributed by atoms with Gasteiger partial charge in [-0.15, -0.1) is 0 Å². The predicted molar refractivity (Wildman–Crippen MR) is 80.8 cm³/mol. The molecule has 100 valence electrons. The zero-order chi connectivity index (χ0) is 14.0. The van der Waals surface area contributed by atoms with Crippen LogP contribution in [0.1, 0.15) is 33.9 Å². The van der Waals surface area contributed by atoms with E-state index in [1.165, 1.54) is 16.7 Å². The first-order valence-electron chi connectivity index (χ1n) is 6.47. The molecule has 0 aliphatic carbocycles. The summed E-state index contributed by atoms with van der Waals surface area (Å²) in [4.78, 5) is 0. The molecule has 0 aromatic heterocycles. The van der Waals surface area contributed by atoms with Gasteiger partial charge in [-0.05, 0) is 49.1 Å². The Bertz CT molecular complexity index is 590. The molecule has 19 heavy (non-hydrogen) atoms. The molecule has 0 radical (unpaired) electrons. The maximum Gasteiger partial charge on any atom is 0.0830 e. The average Bonchev–Trinajstić information content (AvgIpc) is 2.37. The fourth-order valence-corrected chi connectivity index (χ4v) is 2.34. The van der Waals surface area contributed by atoms with Crippen LogP contribution in [0.4, 0.5) is 0 Å². The topological polar surface area (TPSA) is 20.2 Å². The molecule has 1 atom stereocenters. The van der Waals surface area contributed by atoms with E-state index < -0.39 is 6.10 Å². The Kier molecular flexibility index (Phi) is 4.28. The van der Waals surface area contributed by atoms with Crippen LogP contribution >= 0.6 is 11.6 Å². The second kappa shape index (κ2) is 5.77. The van der Waals surface area contributed by atoms with Crippen LogP contribution in [0, 0.1) is 20.8 Å². The summed E-state index contributed by atoms with van der Waals surface area (Å²) in [5.74, 6) is 0. The summed E-state index contributed by atoms with van der Waals surface area (Å²) >= 11 is 6.01. The lowest BCUT2D eigenvalue weighted by molar-refractivity contribution is 0.178. The van der Waals surface area contributed by atoms with Gasteiger partial charge < -0.3 is 5.11 Å². The Morgan fingerprint density at radius 1 is 1.00 bits per heavy atom. The first kappa shape index (κ1) is 14.1. The molecule has 0 spiro atoms. The Hall–Kier alpha value is -1.31. The molecule has 1 nitrogen and oxygen atoms in total. The van der Waals surface area contributed by atoms with E-state index >= 15 is 0 Å². The van der Waals surface area contributed by atoms with E-state index in [0.717, 1.165) is 16.1 Å². The zero-order valence-electron chi connectivity index (χ0n) is 11.6. The minimum Gasteiger partial charge on any atom is -0.388 e. The van der Waals surface area contributed by atoms with Crippen LogP contribution in [0.3, 0.4) is 0 Å². The quantitative estimate of drug-likeness (QED) is 0.871. The molecule has 0 saturated carbocycles. The van der Waals surface area contributed by atoms with Crippen molar-refractivity contribution in [3.8, 4) is 0 Å². The van der Waals surface area contributed by atoms with Gasteiger partial charge in [0.25, 0.3) is 0 Å². The number of halogens is 1. The first-order chi connectivity index (χ1) is 8.97. The molecule has 0 amide bonds. The fourth-order valence-electron chi connectivity index (χ4n) is 2.22. The highest BCUT2D eigenvalue weighted by Gasteiger charge is 2.11. The van der Waals surface area contributed by atoms with Crippen molar-refractivity contribution in [2.45, 2.75) is 33.3 Å². The predicted octanol–water partition coefficient (Wildman–Crippen LogP) is 4.54. The van der Waals surface area contributed by atoms with E-state index in [1.54, 1.807) is 0 Å². The highest BCUT2D eigenvalue weighted by atomic mass is 35.5. The van der Waals surface area contributed by atoms with Crippen molar-refractivity contribution in [1.82, 2.24) is 0 Å². The van der Waals surface area contributed by atoms with Crippen LogP contribution in [0.25, 0.3) is 0 Å². The standard InChI is InChI=1S/C17H19ClO/c1-11-4-5-12(2)15(8-11)10-17(19)14-6-7-16(18)13(3)9-14/h4-9,17,19H,10H2,1-3H3. The molecule has 0 bridgehead atoms. The second-order valence-corrected chi connectivity index (χ2v) is 5.57. The third-order valence-electron chi connectivity index (χ3n) is 3.48. The Morgan fingerprint density at radius 3 is 2.42 bits per heavy atom. The molecule has 0 fully saturated rings. The van der Waals surface area contributed by atoms with E-state index in [-0.39, 0.29) is 0 Å². The third kappa shape index (κ3) is 3.37. The van der Waals surface area contributed by atoms with Crippen molar-refractivity contribution in [1.29, 1.82) is 0 Å². The van der Waals surface area contributed by atoms with E-state index in [0.29, 0.717) is 6.42 Å². The zero-order valence-corrected chi connectivity index (χ0v) is 12.3. The lowest BCUT2D eigenvalue weighted by Gasteiger charge is -2.14. The van der Waals surface area contributed by atoms with Gasteiger partial charge >= 0.3 is 0 Å². The van der Waals surface area contributed by atoms with Crippen LogP contribution in [-0.2, 0) is 6.42 Å². The molecule has 0 saturated heterocycles. The summed E-state index contributed by atoms with van der Waals surface area (Å²) in [5.41, 5.74) is 5.55. The fraction of sp³-hybridized carbons (Fsp3) is 0.294. The summed E-state index contributed by atoms with van der Waals surface area (Å²) in [6.45, 7) is 6.10. The van der Waals surface area contributed by atoms with Crippen molar-refractivity contribution in [3.05, 3.63) is 69.2 Å². The summed E-state index contributed by atoms with van der Waals surface area (Å²) in [7, 11) is 0. The van der Waals surface area contributed by atoms with Gasteiger partial charge in [0.05, 0.1) is 6.10 Å². The van der Waals surface area contributed by atoms with Crippen molar-refractivity contribution >= 4 is 11.6 Å². The molecule has 2 aromatic carbocycles. The summed E-state index contributed by atoms with van der Waals surface area (Å²) in [6, 6.07) is 12.0. The molecule has 2 rings (SSSR count). The third-order valence-corrected chi connectivity index (χ3v) is 3.91. The number of hydrogen-bond donors (Lipinski definition) is 1. The van der Waals surface area contributed by atoms with Gasteiger partial charge in [0.1, 0.15) is 0 Å². The smallest absolute Gasteiger partial charge is 0.0830 e. The summed E-state index contributed by atoms with van der Waals surface area (Å²) in [6.07, 6.45) is 0.144. The summed E-state index contributed by atoms with van der Waals surface area (Å²) < 4.78 is 0. The van der Waals surface area contributed by atoms with Crippen LogP contribution in [0.15, 0.2) is 36.4 Å². The minimum atomic E-state index is -0.489. The molecule has 2 aromatic rings. The molecular formula is C17H19ClO. The van der Waals surface area contributed by atoms with Gasteiger partial charge in [-0.3, -0.25) is 0 Å². The number of rotatable bonds is 3. The SMILES string of the molecule is Cc1ccc(C)c(CC(O)c2ccc(Cl)c(C)c2)c1. The molecule has 0 heterocycles. The van der Waals surface area contributed by atoms with Crippen molar-refractivity contribution in [3.63, 3.8) is 0 Å². The lowest BCUT2D eigenvalue weighted by atomic mass is 9.96. The van der Waals surface area contributed by atoms with Crippen molar-refractivity contribution < 1.29 is 5.11 Å². The lowest BCUT2D eigenvalue weighted by Crippen LogP contribution is -2.04. The highest BCUT2D eigenvalue weighted by molar-refractivity contribution is 6.31. The molecule has 0 aliphatic heterocycles. The van der Waals surface area contributed by atoms with Gasteiger partial charge in [0.2, 0.25) is 0 Å². The van der Waals surface area contributed by atoms with Crippen LogP contribution in [-0.4, -0.2) is 5.11 Å². The van der Waals surface area contributed by atoms with Gasteiger partial charge in [0.15, 0.2) is 0 Å². The Morgan fingerprint density at radius 2 is 1.74 bits per heavy atom. The molecule has 1 unspecified atom stereocenters. The van der Waals surface area contributed by atoms with E-state index in [4.69, 9.17) is 11.6 Å². The maximum atomic E-state index is 10.4. The van der Waals surface area contributed by atoms with Gasteiger partial charge in [-0.1, -0.05) is 47.5 Å².